The average Bonchev–Trinajstić information content (AvgIpc) is 2.57. The lowest BCUT2D eigenvalue weighted by Crippen LogP contribution is -2.22. The summed E-state index contributed by atoms with van der Waals surface area (Å²) in [6.07, 6.45) is 0.716. The number of amides is 1. The molecule has 5 heteroatoms. The van der Waals surface area contributed by atoms with Gasteiger partial charge in [-0.05, 0) is 35.7 Å². The number of aromatic hydroxyl groups is 1. The zero-order chi connectivity index (χ0) is 16.2. The van der Waals surface area contributed by atoms with Crippen LogP contribution in [0.4, 0.5) is 5.69 Å². The van der Waals surface area contributed by atoms with Gasteiger partial charge in [-0.1, -0.05) is 24.3 Å². The van der Waals surface area contributed by atoms with Gasteiger partial charge in [0.15, 0.2) is 0 Å². The third-order valence-electron chi connectivity index (χ3n) is 3.86. The Bertz CT molecular complexity index is 780. The lowest BCUT2D eigenvalue weighted by molar-refractivity contribution is -0.119. The Morgan fingerprint density at radius 3 is 3.00 bits per heavy atom. The first kappa shape index (κ1) is 15.1. The summed E-state index contributed by atoms with van der Waals surface area (Å²) in [4.78, 5) is 12.3. The van der Waals surface area contributed by atoms with Gasteiger partial charge in [0.25, 0.3) is 0 Å². The molecule has 0 aliphatic carbocycles. The molecular weight excluding hydrogens is 292 g/mol. The van der Waals surface area contributed by atoms with E-state index in [1.807, 2.05) is 30.3 Å². The van der Waals surface area contributed by atoms with E-state index in [1.54, 1.807) is 0 Å². The number of anilines is 1. The van der Waals surface area contributed by atoms with Crippen LogP contribution < -0.4 is 5.32 Å². The maximum atomic E-state index is 12.3. The van der Waals surface area contributed by atoms with Gasteiger partial charge in [-0.2, -0.15) is 5.26 Å². The molecule has 0 bridgehead atoms. The number of hydrogen-bond acceptors (Lipinski definition) is 4. The number of nitrogens with zero attached hydrogens (tertiary/aromatic N) is 1. The van der Waals surface area contributed by atoms with E-state index in [4.69, 9.17) is 10.00 Å². The highest BCUT2D eigenvalue weighted by atomic mass is 16.5. The van der Waals surface area contributed by atoms with Crippen LogP contribution in [0.5, 0.6) is 5.75 Å². The van der Waals surface area contributed by atoms with Crippen molar-refractivity contribution >= 4 is 11.6 Å². The van der Waals surface area contributed by atoms with Crippen molar-refractivity contribution in [3.8, 4) is 11.8 Å². The monoisotopic (exact) mass is 308 g/mol. The first-order chi connectivity index (χ1) is 11.2. The summed E-state index contributed by atoms with van der Waals surface area (Å²) < 4.78 is 5.71. The second kappa shape index (κ2) is 6.51. The second-order valence-corrected chi connectivity index (χ2v) is 5.40. The minimum Gasteiger partial charge on any atom is -0.506 e. The number of benzene rings is 2. The quantitative estimate of drug-likeness (QED) is 0.854. The fraction of sp³-hybridized carbons (Fsp3) is 0.222. The number of nitriles is 1. The van der Waals surface area contributed by atoms with Crippen molar-refractivity contribution in [2.45, 2.75) is 18.9 Å². The number of rotatable bonds is 3. The average molecular weight is 308 g/mol. The van der Waals surface area contributed by atoms with E-state index >= 15 is 0 Å². The Hall–Kier alpha value is -2.84. The van der Waals surface area contributed by atoms with Crippen LogP contribution in [0.2, 0.25) is 0 Å². The van der Waals surface area contributed by atoms with Crippen LogP contribution in [0.3, 0.4) is 0 Å². The molecule has 1 atom stereocenters. The molecule has 1 amide bonds. The number of phenolic OH excluding ortho intramolecular Hbond substituents is 1. The molecule has 2 aromatic rings. The molecular formula is C18H16N2O3. The molecule has 2 N–H and O–H groups in total. The molecule has 1 aliphatic heterocycles. The second-order valence-electron chi connectivity index (χ2n) is 5.40. The molecule has 5 nitrogen and oxygen atoms in total. The molecule has 0 radical (unpaired) electrons. The van der Waals surface area contributed by atoms with Crippen molar-refractivity contribution in [3.63, 3.8) is 0 Å². The van der Waals surface area contributed by atoms with Crippen molar-refractivity contribution < 1.29 is 14.6 Å². The number of carbonyl (C=O) groups is 1. The summed E-state index contributed by atoms with van der Waals surface area (Å²) in [7, 11) is 0. The summed E-state index contributed by atoms with van der Waals surface area (Å²) in [5, 5.41) is 21.3. The summed E-state index contributed by atoms with van der Waals surface area (Å²) in [6.45, 7) is 0.587. The van der Waals surface area contributed by atoms with Crippen LogP contribution >= 0.6 is 0 Å². The number of carbonyl (C=O) groups excluding carboxylic acids is 1. The molecule has 1 heterocycles. The van der Waals surface area contributed by atoms with Crippen LogP contribution in [-0.2, 0) is 16.0 Å². The predicted octanol–water partition coefficient (Wildman–Crippen LogP) is 2.91. The van der Waals surface area contributed by atoms with E-state index in [9.17, 15) is 9.90 Å². The third-order valence-corrected chi connectivity index (χ3v) is 3.86. The van der Waals surface area contributed by atoms with Gasteiger partial charge in [0.1, 0.15) is 5.75 Å². The largest absolute Gasteiger partial charge is 0.506 e. The lowest BCUT2D eigenvalue weighted by atomic mass is 9.95. The van der Waals surface area contributed by atoms with Gasteiger partial charge < -0.3 is 15.2 Å². The Balaban J connectivity index is 1.73. The normalized spacial score (nSPS) is 16.2. The maximum absolute atomic E-state index is 12.3. The number of phenols is 1. The van der Waals surface area contributed by atoms with E-state index in [-0.39, 0.29) is 29.9 Å². The van der Waals surface area contributed by atoms with Crippen LogP contribution in [0.15, 0.2) is 42.5 Å². The van der Waals surface area contributed by atoms with Crippen LogP contribution in [0, 0.1) is 11.3 Å². The highest BCUT2D eigenvalue weighted by molar-refractivity contribution is 5.92. The van der Waals surface area contributed by atoms with Gasteiger partial charge in [0.2, 0.25) is 5.91 Å². The number of ether oxygens (including phenoxy) is 1. The van der Waals surface area contributed by atoms with Gasteiger partial charge >= 0.3 is 0 Å². The molecule has 0 saturated heterocycles. The molecule has 3 rings (SSSR count). The minimum absolute atomic E-state index is 0.0673. The molecule has 23 heavy (non-hydrogen) atoms. The number of fused-ring (bicyclic) bond motifs is 1. The maximum Gasteiger partial charge on any atom is 0.227 e. The Kier molecular flexibility index (Phi) is 4.26. The molecule has 0 fully saturated rings. The fourth-order valence-corrected chi connectivity index (χ4v) is 2.72. The van der Waals surface area contributed by atoms with E-state index in [0.717, 1.165) is 12.0 Å². The van der Waals surface area contributed by atoms with Gasteiger partial charge in [0.05, 0.1) is 36.5 Å². The zero-order valence-corrected chi connectivity index (χ0v) is 12.5. The first-order valence-corrected chi connectivity index (χ1v) is 7.40. The number of hydrogen-bond donors (Lipinski definition) is 2. The van der Waals surface area contributed by atoms with Gasteiger partial charge in [-0.15, -0.1) is 0 Å². The first-order valence-electron chi connectivity index (χ1n) is 7.40. The van der Waals surface area contributed by atoms with Crippen molar-refractivity contribution in [2.75, 3.05) is 11.9 Å². The van der Waals surface area contributed by atoms with Gasteiger partial charge in [-0.3, -0.25) is 4.79 Å². The smallest absolute Gasteiger partial charge is 0.227 e. The standard InChI is InChI=1S/C18H16N2O3/c19-11-12-5-6-16(21)15(9-12)20-18(22)10-17-14-4-2-1-3-13(14)7-8-23-17/h1-6,9,17,21H,7-8,10H2,(H,20,22). The van der Waals surface area contributed by atoms with Crippen LogP contribution in [0.25, 0.3) is 0 Å². The fourth-order valence-electron chi connectivity index (χ4n) is 2.72. The Labute approximate surface area is 134 Å². The summed E-state index contributed by atoms with van der Waals surface area (Å²) >= 11 is 0. The SMILES string of the molecule is N#Cc1ccc(O)c(NC(=O)CC2OCCc3ccccc32)c1. The molecule has 0 spiro atoms. The number of nitrogens with one attached hydrogen (secondary N) is 1. The van der Waals surface area contributed by atoms with Crippen molar-refractivity contribution in [3.05, 3.63) is 59.2 Å². The lowest BCUT2D eigenvalue weighted by Gasteiger charge is -2.25. The predicted molar refractivity (Wildman–Crippen MR) is 84.9 cm³/mol. The highest BCUT2D eigenvalue weighted by Crippen LogP contribution is 2.30. The topological polar surface area (TPSA) is 82.4 Å². The van der Waals surface area contributed by atoms with Crippen molar-refractivity contribution in [2.24, 2.45) is 0 Å². The van der Waals surface area contributed by atoms with Crippen LogP contribution in [0.1, 0.15) is 29.2 Å². The molecule has 0 saturated carbocycles. The molecule has 1 aliphatic rings. The zero-order valence-electron chi connectivity index (χ0n) is 12.5. The molecule has 0 aromatic heterocycles. The van der Waals surface area contributed by atoms with Gasteiger partial charge in [-0.25, -0.2) is 0 Å². The summed E-state index contributed by atoms with van der Waals surface area (Å²) in [6, 6.07) is 14.2. The van der Waals surface area contributed by atoms with Crippen molar-refractivity contribution in [1.29, 1.82) is 5.26 Å². The van der Waals surface area contributed by atoms with Crippen molar-refractivity contribution in [1.82, 2.24) is 0 Å². The summed E-state index contributed by atoms with van der Waals surface area (Å²) in [5.74, 6) is -0.334. The third kappa shape index (κ3) is 3.33. The molecule has 1 unspecified atom stereocenters. The van der Waals surface area contributed by atoms with E-state index < -0.39 is 0 Å². The molecule has 2 aromatic carbocycles. The van der Waals surface area contributed by atoms with E-state index in [2.05, 4.69) is 5.32 Å². The van der Waals surface area contributed by atoms with Crippen LogP contribution in [-0.4, -0.2) is 17.6 Å². The van der Waals surface area contributed by atoms with E-state index in [1.165, 1.54) is 23.8 Å². The van der Waals surface area contributed by atoms with Gasteiger partial charge in [0, 0.05) is 0 Å². The highest BCUT2D eigenvalue weighted by Gasteiger charge is 2.23. The minimum atomic E-state index is -0.291. The Morgan fingerprint density at radius 1 is 1.35 bits per heavy atom. The Morgan fingerprint density at radius 2 is 2.17 bits per heavy atom. The van der Waals surface area contributed by atoms with E-state index in [0.29, 0.717) is 12.2 Å². The molecule has 116 valence electrons. The summed E-state index contributed by atoms with van der Waals surface area (Å²) in [5.41, 5.74) is 2.84.